The number of nitrogens with one attached hydrogen (secondary N) is 2. The molecule has 0 aromatic heterocycles. The summed E-state index contributed by atoms with van der Waals surface area (Å²) in [5.41, 5.74) is -2.48. The summed E-state index contributed by atoms with van der Waals surface area (Å²) in [4.78, 5) is 12.5. The van der Waals surface area contributed by atoms with Crippen molar-refractivity contribution in [3.63, 3.8) is 0 Å². The molecule has 2 fully saturated rings. The lowest BCUT2D eigenvalue weighted by molar-refractivity contribution is -0.190. The molecule has 1 heterocycles. The van der Waals surface area contributed by atoms with Gasteiger partial charge in [-0.05, 0) is 25.8 Å². The molecule has 1 aromatic rings. The number of hydrogen-bond acceptors (Lipinski definition) is 2. The molecule has 1 saturated carbocycles. The van der Waals surface area contributed by atoms with Crippen LogP contribution in [-0.4, -0.2) is 31.7 Å². The number of carbonyl (C=O) groups is 1. The first-order valence-corrected chi connectivity index (χ1v) is 7.76. The van der Waals surface area contributed by atoms with E-state index in [2.05, 4.69) is 10.6 Å². The summed E-state index contributed by atoms with van der Waals surface area (Å²) in [7, 11) is 0. The van der Waals surface area contributed by atoms with Gasteiger partial charge in [0.05, 0.1) is 10.8 Å². The highest BCUT2D eigenvalue weighted by Gasteiger charge is 2.81. The molecule has 1 aromatic carbocycles. The lowest BCUT2D eigenvalue weighted by Crippen LogP contribution is -2.44. The summed E-state index contributed by atoms with van der Waals surface area (Å²) in [6, 6.07) is 9.26. The van der Waals surface area contributed by atoms with Gasteiger partial charge in [-0.15, -0.1) is 0 Å². The highest BCUT2D eigenvalue weighted by atomic mass is 19.4. The SMILES string of the molecule is CC(C)(C(=O)NC[C@@]12CNC[C@]1(C(F)(F)F)C2)c1ccccc1. The molecule has 0 unspecified atom stereocenters. The van der Waals surface area contributed by atoms with E-state index in [9.17, 15) is 18.0 Å². The Labute approximate surface area is 133 Å². The molecule has 2 atom stereocenters. The van der Waals surface area contributed by atoms with Gasteiger partial charge in [-0.25, -0.2) is 0 Å². The van der Waals surface area contributed by atoms with E-state index in [1.807, 2.05) is 30.3 Å². The van der Waals surface area contributed by atoms with Crippen LogP contribution < -0.4 is 10.6 Å². The second kappa shape index (κ2) is 4.97. The molecule has 3 nitrogen and oxygen atoms in total. The van der Waals surface area contributed by atoms with Crippen LogP contribution in [0.15, 0.2) is 30.3 Å². The van der Waals surface area contributed by atoms with Crippen LogP contribution >= 0.6 is 0 Å². The second-order valence-corrected chi connectivity index (χ2v) is 7.31. The number of halogens is 3. The van der Waals surface area contributed by atoms with E-state index in [1.165, 1.54) is 0 Å². The van der Waals surface area contributed by atoms with Crippen molar-refractivity contribution in [2.45, 2.75) is 31.9 Å². The Morgan fingerprint density at radius 1 is 1.22 bits per heavy atom. The minimum atomic E-state index is -4.23. The number of rotatable bonds is 4. The van der Waals surface area contributed by atoms with Gasteiger partial charge in [0, 0.05) is 25.0 Å². The van der Waals surface area contributed by atoms with Crippen LogP contribution in [-0.2, 0) is 10.2 Å². The quantitative estimate of drug-likeness (QED) is 0.893. The Bertz CT molecular complexity index is 614. The van der Waals surface area contributed by atoms with Gasteiger partial charge in [0.25, 0.3) is 0 Å². The van der Waals surface area contributed by atoms with Crippen LogP contribution in [0.4, 0.5) is 13.2 Å². The lowest BCUT2D eigenvalue weighted by atomic mass is 9.83. The Balaban J connectivity index is 1.69. The van der Waals surface area contributed by atoms with E-state index in [0.29, 0.717) is 6.54 Å². The predicted octanol–water partition coefficient (Wildman–Crippen LogP) is 2.62. The minimum Gasteiger partial charge on any atom is -0.355 e. The fourth-order valence-corrected chi connectivity index (χ4v) is 3.78. The van der Waals surface area contributed by atoms with Crippen molar-refractivity contribution in [1.82, 2.24) is 10.6 Å². The van der Waals surface area contributed by atoms with Gasteiger partial charge in [0.2, 0.25) is 5.91 Å². The summed E-state index contributed by atoms with van der Waals surface area (Å²) >= 11 is 0. The predicted molar refractivity (Wildman–Crippen MR) is 80.9 cm³/mol. The van der Waals surface area contributed by atoms with Gasteiger partial charge in [-0.3, -0.25) is 4.79 Å². The molecule has 23 heavy (non-hydrogen) atoms. The highest BCUT2D eigenvalue weighted by molar-refractivity contribution is 5.87. The lowest BCUT2D eigenvalue weighted by Gasteiger charge is -2.26. The number of carbonyl (C=O) groups excluding carboxylic acids is 1. The summed E-state index contributed by atoms with van der Waals surface area (Å²) in [6.07, 6.45) is -4.13. The zero-order valence-corrected chi connectivity index (χ0v) is 13.3. The molecule has 3 rings (SSSR count). The third kappa shape index (κ3) is 2.35. The van der Waals surface area contributed by atoms with Gasteiger partial charge in [0.15, 0.2) is 0 Å². The molecule has 0 bridgehead atoms. The van der Waals surface area contributed by atoms with Crippen molar-refractivity contribution in [3.05, 3.63) is 35.9 Å². The highest BCUT2D eigenvalue weighted by Crippen LogP contribution is 2.72. The topological polar surface area (TPSA) is 41.1 Å². The Morgan fingerprint density at radius 3 is 2.43 bits per heavy atom. The van der Waals surface area contributed by atoms with Gasteiger partial charge < -0.3 is 10.6 Å². The first-order valence-electron chi connectivity index (χ1n) is 7.76. The fraction of sp³-hybridized carbons (Fsp3) is 0.588. The normalized spacial score (nSPS) is 30.0. The molecule has 1 aliphatic carbocycles. The molecule has 1 amide bonds. The van der Waals surface area contributed by atoms with Crippen molar-refractivity contribution in [2.75, 3.05) is 19.6 Å². The number of amides is 1. The second-order valence-electron chi connectivity index (χ2n) is 7.31. The number of benzene rings is 1. The van der Waals surface area contributed by atoms with Crippen molar-refractivity contribution in [1.29, 1.82) is 0 Å². The Morgan fingerprint density at radius 2 is 1.87 bits per heavy atom. The van der Waals surface area contributed by atoms with E-state index >= 15 is 0 Å². The zero-order chi connectivity index (χ0) is 16.9. The Hall–Kier alpha value is -1.56. The molecule has 126 valence electrons. The summed E-state index contributed by atoms with van der Waals surface area (Å²) in [5.74, 6) is -0.243. The van der Waals surface area contributed by atoms with Crippen LogP contribution in [0.2, 0.25) is 0 Å². The van der Waals surface area contributed by atoms with Crippen LogP contribution in [0.5, 0.6) is 0 Å². The van der Waals surface area contributed by atoms with Crippen LogP contribution in [0.3, 0.4) is 0 Å². The smallest absolute Gasteiger partial charge is 0.355 e. The van der Waals surface area contributed by atoms with Gasteiger partial charge >= 0.3 is 6.18 Å². The van der Waals surface area contributed by atoms with Gasteiger partial charge in [0.1, 0.15) is 0 Å². The molecule has 1 aliphatic heterocycles. The van der Waals surface area contributed by atoms with E-state index in [0.717, 1.165) is 5.56 Å². The van der Waals surface area contributed by atoms with E-state index in [1.54, 1.807) is 13.8 Å². The third-order valence-corrected chi connectivity index (χ3v) is 5.61. The third-order valence-electron chi connectivity index (χ3n) is 5.61. The van der Waals surface area contributed by atoms with Crippen molar-refractivity contribution in [3.8, 4) is 0 Å². The zero-order valence-electron chi connectivity index (χ0n) is 13.3. The monoisotopic (exact) mass is 326 g/mol. The number of piperidine rings is 1. The molecule has 1 saturated heterocycles. The van der Waals surface area contributed by atoms with Crippen LogP contribution in [0.25, 0.3) is 0 Å². The first-order chi connectivity index (χ1) is 10.6. The van der Waals surface area contributed by atoms with Crippen molar-refractivity contribution >= 4 is 5.91 Å². The average molecular weight is 326 g/mol. The largest absolute Gasteiger partial charge is 0.396 e. The fourth-order valence-electron chi connectivity index (χ4n) is 3.78. The maximum Gasteiger partial charge on any atom is 0.396 e. The standard InChI is InChI=1S/C17H21F3N2O/c1-14(2,12-6-4-3-5-7-12)13(23)22-10-15-8-16(15,11-21-9-15)17(18,19)20/h3-7,21H,8-11H2,1-2H3,(H,22,23)/t15-,16-/m1/s1. The van der Waals surface area contributed by atoms with Crippen LogP contribution in [0, 0.1) is 10.8 Å². The first kappa shape index (κ1) is 16.3. The molecule has 2 N–H and O–H groups in total. The van der Waals surface area contributed by atoms with Crippen molar-refractivity contribution in [2.24, 2.45) is 10.8 Å². The molecule has 0 spiro atoms. The molecular formula is C17H21F3N2O. The molecule has 0 radical (unpaired) electrons. The maximum atomic E-state index is 13.3. The van der Waals surface area contributed by atoms with E-state index < -0.39 is 22.4 Å². The molecule has 6 heteroatoms. The molecular weight excluding hydrogens is 305 g/mol. The minimum absolute atomic E-state index is 0.0472. The maximum absolute atomic E-state index is 13.3. The van der Waals surface area contributed by atoms with Crippen molar-refractivity contribution < 1.29 is 18.0 Å². The van der Waals surface area contributed by atoms with E-state index in [-0.39, 0.29) is 25.4 Å². The number of hydrogen-bond donors (Lipinski definition) is 2. The van der Waals surface area contributed by atoms with Crippen LogP contribution in [0.1, 0.15) is 25.8 Å². The number of alkyl halides is 3. The summed E-state index contributed by atoms with van der Waals surface area (Å²) in [6.45, 7) is 3.89. The Kier molecular flexibility index (Phi) is 3.52. The summed E-state index contributed by atoms with van der Waals surface area (Å²) in [5, 5.41) is 5.60. The van der Waals surface area contributed by atoms with E-state index in [4.69, 9.17) is 0 Å². The van der Waals surface area contributed by atoms with Gasteiger partial charge in [-0.2, -0.15) is 13.2 Å². The molecule has 2 aliphatic rings. The summed E-state index contributed by atoms with van der Waals surface area (Å²) < 4.78 is 39.9. The average Bonchev–Trinajstić information content (AvgIpc) is 3.02. The number of fused-ring (bicyclic) bond motifs is 1. The van der Waals surface area contributed by atoms with Gasteiger partial charge in [-0.1, -0.05) is 30.3 Å².